The molecule has 1 N–H and O–H groups in total. The summed E-state index contributed by atoms with van der Waals surface area (Å²) in [6.07, 6.45) is 3.74. The van der Waals surface area contributed by atoms with Crippen molar-refractivity contribution in [1.82, 2.24) is 9.97 Å². The number of anilines is 2. The van der Waals surface area contributed by atoms with Crippen LogP contribution in [0.25, 0.3) is 10.9 Å². The fraction of sp³-hybridized carbons (Fsp3) is 0.333. The number of hydrogen-bond donors (Lipinski definition) is 1. The fourth-order valence-corrected chi connectivity index (χ4v) is 3.60. The molecule has 2 heterocycles. The predicted octanol–water partition coefficient (Wildman–Crippen LogP) is 3.73. The molecule has 1 fully saturated rings. The number of nitrogens with one attached hydrogen (secondary N) is 1. The predicted molar refractivity (Wildman–Crippen MR) is 108 cm³/mol. The molecular formula is C21H24N4O2. The molecule has 1 aromatic heterocycles. The van der Waals surface area contributed by atoms with Crippen molar-refractivity contribution >= 4 is 22.4 Å². The van der Waals surface area contributed by atoms with E-state index in [1.165, 1.54) is 0 Å². The van der Waals surface area contributed by atoms with Gasteiger partial charge < -0.3 is 19.7 Å². The molecule has 0 aliphatic carbocycles. The van der Waals surface area contributed by atoms with Gasteiger partial charge in [-0.3, -0.25) is 0 Å². The molecule has 0 amide bonds. The van der Waals surface area contributed by atoms with Gasteiger partial charge in [-0.05, 0) is 25.0 Å². The normalized spacial score (nSPS) is 15.0. The summed E-state index contributed by atoms with van der Waals surface area (Å²) in [5, 5.41) is 4.73. The van der Waals surface area contributed by atoms with Gasteiger partial charge in [0.2, 0.25) is 0 Å². The first kappa shape index (κ1) is 17.4. The minimum atomic E-state index is 0.408. The highest BCUT2D eigenvalue weighted by Gasteiger charge is 2.21. The first-order valence-electron chi connectivity index (χ1n) is 9.21. The van der Waals surface area contributed by atoms with Crippen LogP contribution in [-0.4, -0.2) is 43.3 Å². The van der Waals surface area contributed by atoms with E-state index in [2.05, 4.69) is 26.3 Å². The van der Waals surface area contributed by atoms with Crippen molar-refractivity contribution in [3.8, 4) is 11.5 Å². The second-order valence-corrected chi connectivity index (χ2v) is 6.72. The second-order valence-electron chi connectivity index (χ2n) is 6.72. The molecule has 4 rings (SSSR count). The first-order valence-corrected chi connectivity index (χ1v) is 9.21. The molecule has 6 heteroatoms. The number of fused-ring (bicyclic) bond motifs is 1. The van der Waals surface area contributed by atoms with Crippen molar-refractivity contribution < 1.29 is 9.47 Å². The molecular weight excluding hydrogens is 340 g/mol. The van der Waals surface area contributed by atoms with E-state index in [1.54, 1.807) is 20.5 Å². The summed E-state index contributed by atoms with van der Waals surface area (Å²) in [6.45, 7) is 1.92. The summed E-state index contributed by atoms with van der Waals surface area (Å²) in [5.74, 6) is 2.62. The highest BCUT2D eigenvalue weighted by molar-refractivity contribution is 5.89. The average Bonchev–Trinajstić information content (AvgIpc) is 2.73. The Balaban J connectivity index is 1.45. The van der Waals surface area contributed by atoms with Crippen molar-refractivity contribution in [2.45, 2.75) is 18.9 Å². The molecule has 2 aromatic carbocycles. The number of para-hydroxylation sites is 1. The molecule has 140 valence electrons. The van der Waals surface area contributed by atoms with Gasteiger partial charge in [0.05, 0.1) is 19.7 Å². The smallest absolute Gasteiger partial charge is 0.139 e. The van der Waals surface area contributed by atoms with E-state index < -0.39 is 0 Å². The number of ether oxygens (including phenoxy) is 2. The van der Waals surface area contributed by atoms with Crippen LogP contribution in [0.4, 0.5) is 11.5 Å². The molecule has 6 nitrogen and oxygen atoms in total. The SMILES string of the molecule is COc1cc(NC2CCN(c3ncnc4ccccc34)CC2)cc(OC)c1. The van der Waals surface area contributed by atoms with Crippen LogP contribution < -0.4 is 19.7 Å². The Kier molecular flexibility index (Phi) is 4.96. The lowest BCUT2D eigenvalue weighted by molar-refractivity contribution is 0.394. The Bertz CT molecular complexity index is 895. The number of piperidine rings is 1. The first-order chi connectivity index (χ1) is 13.3. The number of methoxy groups -OCH3 is 2. The van der Waals surface area contributed by atoms with Gasteiger partial charge in [-0.15, -0.1) is 0 Å². The standard InChI is InChI=1S/C21H24N4O2/c1-26-17-11-16(12-18(13-17)27-2)24-15-7-9-25(10-8-15)21-19-5-3-4-6-20(19)22-14-23-21/h3-6,11-15,24H,7-10H2,1-2H3. The van der Waals surface area contributed by atoms with Gasteiger partial charge >= 0.3 is 0 Å². The Labute approximate surface area is 159 Å². The van der Waals surface area contributed by atoms with Crippen LogP contribution in [0.2, 0.25) is 0 Å². The minimum absolute atomic E-state index is 0.408. The van der Waals surface area contributed by atoms with Gasteiger partial charge in [-0.25, -0.2) is 9.97 Å². The van der Waals surface area contributed by atoms with Gasteiger partial charge in [-0.1, -0.05) is 12.1 Å². The lowest BCUT2D eigenvalue weighted by atomic mass is 10.0. The van der Waals surface area contributed by atoms with Crippen molar-refractivity contribution in [1.29, 1.82) is 0 Å². The Hall–Kier alpha value is -3.02. The molecule has 27 heavy (non-hydrogen) atoms. The van der Waals surface area contributed by atoms with E-state index in [0.717, 1.165) is 59.8 Å². The largest absolute Gasteiger partial charge is 0.497 e. The fourth-order valence-electron chi connectivity index (χ4n) is 3.60. The average molecular weight is 364 g/mol. The van der Waals surface area contributed by atoms with Crippen molar-refractivity contribution in [2.24, 2.45) is 0 Å². The zero-order valence-electron chi connectivity index (χ0n) is 15.7. The molecule has 0 saturated carbocycles. The molecule has 0 radical (unpaired) electrons. The summed E-state index contributed by atoms with van der Waals surface area (Å²) in [6, 6.07) is 14.5. The maximum Gasteiger partial charge on any atom is 0.139 e. The van der Waals surface area contributed by atoms with Gasteiger partial charge in [0, 0.05) is 48.4 Å². The van der Waals surface area contributed by atoms with Crippen LogP contribution in [0.3, 0.4) is 0 Å². The quantitative estimate of drug-likeness (QED) is 0.744. The van der Waals surface area contributed by atoms with Gasteiger partial charge in [0.25, 0.3) is 0 Å². The topological polar surface area (TPSA) is 59.5 Å². The van der Waals surface area contributed by atoms with Crippen LogP contribution in [0.5, 0.6) is 11.5 Å². The number of benzene rings is 2. The van der Waals surface area contributed by atoms with Crippen LogP contribution >= 0.6 is 0 Å². The van der Waals surface area contributed by atoms with Crippen molar-refractivity contribution in [3.63, 3.8) is 0 Å². The maximum absolute atomic E-state index is 5.36. The number of nitrogens with zero attached hydrogens (tertiary/aromatic N) is 3. The highest BCUT2D eigenvalue weighted by atomic mass is 16.5. The molecule has 0 bridgehead atoms. The van der Waals surface area contributed by atoms with Crippen LogP contribution in [0.15, 0.2) is 48.8 Å². The lowest BCUT2D eigenvalue weighted by Crippen LogP contribution is -2.39. The van der Waals surface area contributed by atoms with Gasteiger partial charge in [0.15, 0.2) is 0 Å². The molecule has 1 saturated heterocycles. The van der Waals surface area contributed by atoms with Crippen molar-refractivity contribution in [2.75, 3.05) is 37.5 Å². The van der Waals surface area contributed by atoms with E-state index in [-0.39, 0.29) is 0 Å². The summed E-state index contributed by atoms with van der Waals surface area (Å²) in [5.41, 5.74) is 2.02. The van der Waals surface area contributed by atoms with Crippen molar-refractivity contribution in [3.05, 3.63) is 48.8 Å². The molecule has 0 atom stereocenters. The highest BCUT2D eigenvalue weighted by Crippen LogP contribution is 2.29. The van der Waals surface area contributed by atoms with E-state index in [4.69, 9.17) is 9.47 Å². The molecule has 0 unspecified atom stereocenters. The number of hydrogen-bond acceptors (Lipinski definition) is 6. The van der Waals surface area contributed by atoms with Crippen LogP contribution in [0.1, 0.15) is 12.8 Å². The molecule has 0 spiro atoms. The summed E-state index contributed by atoms with van der Waals surface area (Å²) < 4.78 is 10.7. The van der Waals surface area contributed by atoms with Crippen LogP contribution in [-0.2, 0) is 0 Å². The number of rotatable bonds is 5. The van der Waals surface area contributed by atoms with Gasteiger partial charge in [0.1, 0.15) is 23.6 Å². The maximum atomic E-state index is 5.36. The third kappa shape index (κ3) is 3.74. The summed E-state index contributed by atoms with van der Waals surface area (Å²) >= 11 is 0. The zero-order chi connectivity index (χ0) is 18.6. The van der Waals surface area contributed by atoms with E-state index >= 15 is 0 Å². The zero-order valence-corrected chi connectivity index (χ0v) is 15.7. The Morgan fingerprint density at radius 2 is 1.67 bits per heavy atom. The van der Waals surface area contributed by atoms with E-state index in [0.29, 0.717) is 6.04 Å². The summed E-state index contributed by atoms with van der Waals surface area (Å²) in [4.78, 5) is 11.3. The minimum Gasteiger partial charge on any atom is -0.497 e. The molecule has 1 aliphatic rings. The number of aromatic nitrogens is 2. The molecule has 3 aromatic rings. The third-order valence-electron chi connectivity index (χ3n) is 5.04. The Morgan fingerprint density at radius 1 is 0.963 bits per heavy atom. The van der Waals surface area contributed by atoms with E-state index in [1.807, 2.05) is 36.4 Å². The molecule has 1 aliphatic heterocycles. The monoisotopic (exact) mass is 364 g/mol. The van der Waals surface area contributed by atoms with Crippen LogP contribution in [0, 0.1) is 0 Å². The third-order valence-corrected chi connectivity index (χ3v) is 5.04. The second kappa shape index (κ2) is 7.70. The summed E-state index contributed by atoms with van der Waals surface area (Å²) in [7, 11) is 3.34. The van der Waals surface area contributed by atoms with E-state index in [9.17, 15) is 0 Å². The van der Waals surface area contributed by atoms with Gasteiger partial charge in [-0.2, -0.15) is 0 Å². The Morgan fingerprint density at radius 3 is 2.37 bits per heavy atom. The lowest BCUT2D eigenvalue weighted by Gasteiger charge is -2.34.